The lowest BCUT2D eigenvalue weighted by molar-refractivity contribution is 0.740. The van der Waals surface area contributed by atoms with Crippen LogP contribution in [0, 0.1) is 104 Å². The average Bonchev–Trinajstić information content (AvgIpc) is 4.13. The molecule has 9 aromatic rings. The molecule has 15 nitrogen and oxygen atoms in total. The number of aryl methyl sites for hydroxylation is 18. The van der Waals surface area contributed by atoms with Crippen LogP contribution in [0.25, 0.3) is 0 Å². The lowest BCUT2D eigenvalue weighted by Crippen LogP contribution is -1.90. The molecule has 63 heavy (non-hydrogen) atoms. The number of aromatic nitrogens is 15. The number of hydrogen-bond donors (Lipinski definition) is 3. The minimum absolute atomic E-state index is 1.05. The highest BCUT2D eigenvalue weighted by molar-refractivity contribution is 7.06. The summed E-state index contributed by atoms with van der Waals surface area (Å²) in [5.41, 5.74) is 15.3. The molecule has 0 radical (unpaired) electrons. The van der Waals surface area contributed by atoms with Crippen LogP contribution in [-0.2, 0) is 21.1 Å². The molecule has 3 N–H and O–H groups in total. The van der Waals surface area contributed by atoms with Crippen LogP contribution >= 0.6 is 34.6 Å². The normalized spacial score (nSPS) is 9.43. The molecule has 0 bridgehead atoms. The van der Waals surface area contributed by atoms with Crippen molar-refractivity contribution in [3.05, 3.63) is 156 Å². The van der Waals surface area contributed by atoms with Gasteiger partial charge in [-0.2, -0.15) is 39.3 Å². The fourth-order valence-corrected chi connectivity index (χ4v) is 5.88. The number of nitrogens with one attached hydrogen (secondary N) is 3. The molecule has 0 atom stereocenters. The summed E-state index contributed by atoms with van der Waals surface area (Å²) in [6.07, 6.45) is 13.0. The first-order valence-corrected chi connectivity index (χ1v) is 22.5. The molecule has 0 amide bonds. The topological polar surface area (TPSA) is 178 Å². The number of hydrogen-bond acceptors (Lipinski definition) is 12. The van der Waals surface area contributed by atoms with Crippen molar-refractivity contribution in [1.29, 1.82) is 0 Å². The van der Waals surface area contributed by atoms with E-state index in [1.54, 1.807) is 38.6 Å². The van der Waals surface area contributed by atoms with E-state index in [1.807, 2.05) is 157 Å². The molecule has 18 heteroatoms. The van der Waals surface area contributed by atoms with Gasteiger partial charge in [-0.15, -0.1) is 0 Å². The Morgan fingerprint density at radius 1 is 0.571 bits per heavy atom. The fourth-order valence-electron chi connectivity index (χ4n) is 4.07. The predicted octanol–water partition coefficient (Wildman–Crippen LogP) is 10.5. The molecule has 0 spiro atoms. The molecular formula is C45H69N15S3. The predicted molar refractivity (Wildman–Crippen MR) is 263 cm³/mol. The lowest BCUT2D eigenvalue weighted by Gasteiger charge is -1.87. The molecule has 0 aliphatic carbocycles. The van der Waals surface area contributed by atoms with Crippen molar-refractivity contribution < 1.29 is 0 Å². The highest BCUT2D eigenvalue weighted by Crippen LogP contribution is 2.08. The van der Waals surface area contributed by atoms with E-state index in [0.717, 1.165) is 39.9 Å². The van der Waals surface area contributed by atoms with Crippen LogP contribution < -0.4 is 0 Å². The van der Waals surface area contributed by atoms with Crippen LogP contribution in [0.4, 0.5) is 0 Å². The third-order valence-electron chi connectivity index (χ3n) is 8.47. The first-order chi connectivity index (χ1) is 29.7. The molecule has 0 fully saturated rings. The minimum Gasteiger partial charge on any atom is -0.283 e. The van der Waals surface area contributed by atoms with Crippen molar-refractivity contribution in [2.45, 2.75) is 104 Å². The molecule has 0 unspecified atom stereocenters. The number of nitrogens with zero attached hydrogens (tertiary/aromatic N) is 12. The molecule has 9 aromatic heterocycles. The summed E-state index contributed by atoms with van der Waals surface area (Å²) in [4.78, 5) is 2.61. The fraction of sp³-hybridized carbons (Fsp3) is 0.400. The van der Waals surface area contributed by atoms with Crippen molar-refractivity contribution >= 4 is 34.6 Å². The number of rotatable bonds is 0. The van der Waals surface area contributed by atoms with Gasteiger partial charge in [-0.3, -0.25) is 29.3 Å². The highest BCUT2D eigenvalue weighted by atomic mass is 32.1. The minimum atomic E-state index is 1.05. The zero-order valence-electron chi connectivity index (χ0n) is 40.5. The summed E-state index contributed by atoms with van der Waals surface area (Å²) in [5, 5.41) is 33.9. The highest BCUT2D eigenvalue weighted by Gasteiger charge is 1.91. The molecular weight excluding hydrogens is 847 g/mol. The Bertz CT molecular complexity index is 1970. The second kappa shape index (κ2) is 30.2. The Balaban J connectivity index is 0.000000354. The summed E-state index contributed by atoms with van der Waals surface area (Å²) < 4.78 is 17.5. The van der Waals surface area contributed by atoms with Gasteiger partial charge in [0.05, 0.1) is 41.4 Å². The van der Waals surface area contributed by atoms with E-state index in [1.165, 1.54) is 54.8 Å². The molecule has 0 aliphatic heterocycles. The summed E-state index contributed by atoms with van der Waals surface area (Å²) in [6.45, 7) is 30.3. The number of H-pyrrole nitrogens is 3. The lowest BCUT2D eigenvalue weighted by atomic mass is 10.3. The summed E-state index contributed by atoms with van der Waals surface area (Å²) in [6, 6.07) is 8.02. The molecule has 0 saturated carbocycles. The second-order valence-corrected chi connectivity index (χ2v) is 17.3. The molecule has 342 valence electrons. The quantitative estimate of drug-likeness (QED) is 0.134. The second-order valence-electron chi connectivity index (χ2n) is 14.7. The maximum Gasteiger partial charge on any atom is 0.0593 e. The Kier molecular flexibility index (Phi) is 26.5. The van der Waals surface area contributed by atoms with Gasteiger partial charge in [0.25, 0.3) is 0 Å². The van der Waals surface area contributed by atoms with Gasteiger partial charge in [-0.05, 0) is 191 Å². The standard InChI is InChI=1S/6C5H8N2.3C5H7NS/c1-5-3-6-7(2)4-5;1-5-3-4-7(2)6-5;1-5-3-4-6-7(5)2;2*1-4-3-6-7-5(4)2;1-4-3-5(2)7-6-4;1-4-3-7-6-5(4)2;1-4-3-6-7-5(4)2;1-4-3-5(2)7-6-4/h3*3-4H,1-2H3;3*3H,1-2H3,(H,6,7);3*3H,1-2H3. The van der Waals surface area contributed by atoms with Crippen molar-refractivity contribution in [2.75, 3.05) is 0 Å². The van der Waals surface area contributed by atoms with Gasteiger partial charge < -0.3 is 0 Å². The Morgan fingerprint density at radius 2 is 1.21 bits per heavy atom. The van der Waals surface area contributed by atoms with Gasteiger partial charge in [0.1, 0.15) is 0 Å². The molecule has 9 heterocycles. The van der Waals surface area contributed by atoms with Crippen LogP contribution in [0.2, 0.25) is 0 Å². The Hall–Kier alpha value is -5.85. The summed E-state index contributed by atoms with van der Waals surface area (Å²) in [5.74, 6) is 0. The van der Waals surface area contributed by atoms with Gasteiger partial charge >= 0.3 is 0 Å². The Morgan fingerprint density at radius 3 is 1.33 bits per heavy atom. The summed E-state index contributed by atoms with van der Waals surface area (Å²) in [7, 11) is 5.75. The van der Waals surface area contributed by atoms with Crippen LogP contribution in [-0.4, -0.2) is 73.1 Å². The molecule has 0 aromatic carbocycles. The first-order valence-electron chi connectivity index (χ1n) is 20.1. The van der Waals surface area contributed by atoms with Crippen LogP contribution in [0.15, 0.2) is 73.0 Å². The Labute approximate surface area is 387 Å². The maximum atomic E-state index is 4.06. The van der Waals surface area contributed by atoms with Crippen molar-refractivity contribution in [3.8, 4) is 0 Å². The van der Waals surface area contributed by atoms with E-state index < -0.39 is 0 Å². The largest absolute Gasteiger partial charge is 0.283 e. The molecule has 9 rings (SSSR count). The summed E-state index contributed by atoms with van der Waals surface area (Å²) >= 11 is 4.62. The monoisotopic (exact) mass is 916 g/mol. The first kappa shape index (κ1) is 55.2. The molecule has 0 saturated heterocycles. The van der Waals surface area contributed by atoms with Crippen molar-refractivity contribution in [2.24, 2.45) is 21.1 Å². The van der Waals surface area contributed by atoms with E-state index in [9.17, 15) is 0 Å². The number of aromatic amines is 3. The maximum absolute atomic E-state index is 4.06. The average molecular weight is 916 g/mol. The van der Waals surface area contributed by atoms with E-state index in [4.69, 9.17) is 0 Å². The van der Waals surface area contributed by atoms with Gasteiger partial charge in [0.2, 0.25) is 0 Å². The molecule has 0 aliphatic rings. The third-order valence-corrected chi connectivity index (χ3v) is 10.9. The van der Waals surface area contributed by atoms with E-state index in [-0.39, 0.29) is 0 Å². The van der Waals surface area contributed by atoms with Gasteiger partial charge in [-0.25, -0.2) is 4.37 Å². The van der Waals surface area contributed by atoms with E-state index in [0.29, 0.717) is 0 Å². The van der Waals surface area contributed by atoms with Gasteiger partial charge in [0.15, 0.2) is 0 Å². The third kappa shape index (κ3) is 25.6. The van der Waals surface area contributed by atoms with Crippen LogP contribution in [0.3, 0.4) is 0 Å². The SMILES string of the molecule is Cc1cc(C)[nH]n1.Cc1cc(C)sn1.Cc1ccn(C)n1.Cc1ccnn1C.Cc1cn[nH]c1C.Cc1cn[nH]c1C.Cc1cnn(C)c1.Cc1cnsc1C.Cc1csnc1C. The smallest absolute Gasteiger partial charge is 0.0593 e. The van der Waals surface area contributed by atoms with E-state index >= 15 is 0 Å². The van der Waals surface area contributed by atoms with Crippen LogP contribution in [0.5, 0.6) is 0 Å². The van der Waals surface area contributed by atoms with Crippen LogP contribution in [0.1, 0.15) is 83.1 Å². The zero-order valence-corrected chi connectivity index (χ0v) is 43.0. The zero-order chi connectivity index (χ0) is 47.5. The van der Waals surface area contributed by atoms with Gasteiger partial charge in [-0.1, -0.05) is 0 Å². The van der Waals surface area contributed by atoms with E-state index in [2.05, 4.69) is 98.2 Å². The van der Waals surface area contributed by atoms with Gasteiger partial charge in [0, 0.05) is 83.8 Å². The van der Waals surface area contributed by atoms with Crippen molar-refractivity contribution in [3.63, 3.8) is 0 Å². The van der Waals surface area contributed by atoms with Crippen molar-refractivity contribution in [1.82, 2.24) is 73.1 Å².